The zero-order chi connectivity index (χ0) is 17.8. The van der Waals surface area contributed by atoms with Crippen LogP contribution < -0.4 is 15.7 Å². The van der Waals surface area contributed by atoms with Gasteiger partial charge >= 0.3 is 0 Å². The maximum atomic E-state index is 6.95. The standard InChI is InChI=1S/C22H29NOSi/c1-22(2,3)25(20-13-6-4-7-14-20,21-15-8-5-9-16-21)24-18-19-12-10-11-17-23-19/h4-11,13-16,19,23H,12,17-18H2,1-3H3/t19-/m0/s1. The van der Waals surface area contributed by atoms with E-state index in [0.29, 0.717) is 6.04 Å². The Kier molecular flexibility index (Phi) is 5.57. The van der Waals surface area contributed by atoms with Crippen molar-refractivity contribution in [2.24, 2.45) is 0 Å². The van der Waals surface area contributed by atoms with Crippen molar-refractivity contribution in [1.82, 2.24) is 5.32 Å². The average molecular weight is 352 g/mol. The summed E-state index contributed by atoms with van der Waals surface area (Å²) in [5, 5.41) is 6.29. The van der Waals surface area contributed by atoms with E-state index >= 15 is 0 Å². The molecular formula is C22H29NOSi. The molecule has 25 heavy (non-hydrogen) atoms. The lowest BCUT2D eigenvalue weighted by atomic mass is 10.1. The fraction of sp³-hybridized carbons (Fsp3) is 0.364. The number of rotatable bonds is 5. The van der Waals surface area contributed by atoms with Gasteiger partial charge in [0.05, 0.1) is 6.61 Å². The fourth-order valence-corrected chi connectivity index (χ4v) is 8.38. The molecule has 0 saturated heterocycles. The third-order valence-corrected chi connectivity index (χ3v) is 10.0. The minimum Gasteiger partial charge on any atom is -0.406 e. The molecule has 1 heterocycles. The van der Waals surface area contributed by atoms with Gasteiger partial charge in [-0.1, -0.05) is 93.6 Å². The summed E-state index contributed by atoms with van der Waals surface area (Å²) in [6.45, 7) is 8.67. The summed E-state index contributed by atoms with van der Waals surface area (Å²) in [6, 6.07) is 22.1. The molecule has 0 radical (unpaired) electrons. The highest BCUT2D eigenvalue weighted by atomic mass is 28.4. The van der Waals surface area contributed by atoms with Gasteiger partial charge in [0.1, 0.15) is 0 Å². The Bertz CT molecular complexity index is 651. The molecule has 0 unspecified atom stereocenters. The monoisotopic (exact) mass is 351 g/mol. The first-order chi connectivity index (χ1) is 12.0. The van der Waals surface area contributed by atoms with Crippen LogP contribution in [0.25, 0.3) is 0 Å². The summed E-state index contributed by atoms with van der Waals surface area (Å²) in [7, 11) is -2.40. The highest BCUT2D eigenvalue weighted by Gasteiger charge is 2.50. The Morgan fingerprint density at radius 3 is 1.92 bits per heavy atom. The van der Waals surface area contributed by atoms with Gasteiger partial charge in [0.25, 0.3) is 8.32 Å². The molecule has 0 aliphatic carbocycles. The molecule has 1 aliphatic rings. The predicted molar refractivity (Wildman–Crippen MR) is 109 cm³/mol. The van der Waals surface area contributed by atoms with Crippen molar-refractivity contribution in [3.63, 3.8) is 0 Å². The van der Waals surface area contributed by atoms with Crippen LogP contribution in [0.5, 0.6) is 0 Å². The van der Waals surface area contributed by atoms with E-state index in [2.05, 4.69) is 98.9 Å². The van der Waals surface area contributed by atoms with Crippen molar-refractivity contribution >= 4 is 18.7 Å². The molecule has 132 valence electrons. The van der Waals surface area contributed by atoms with Crippen LogP contribution in [-0.2, 0) is 4.43 Å². The van der Waals surface area contributed by atoms with Gasteiger partial charge in [0, 0.05) is 12.6 Å². The Hall–Kier alpha value is -1.68. The maximum Gasteiger partial charge on any atom is 0.261 e. The van der Waals surface area contributed by atoms with Crippen molar-refractivity contribution < 1.29 is 4.43 Å². The zero-order valence-corrected chi connectivity index (χ0v) is 16.5. The van der Waals surface area contributed by atoms with Crippen molar-refractivity contribution in [1.29, 1.82) is 0 Å². The Balaban J connectivity index is 2.03. The van der Waals surface area contributed by atoms with E-state index in [0.717, 1.165) is 19.6 Å². The third kappa shape index (κ3) is 3.79. The maximum absolute atomic E-state index is 6.95. The molecule has 0 fully saturated rings. The quantitative estimate of drug-likeness (QED) is 0.658. The van der Waals surface area contributed by atoms with Crippen molar-refractivity contribution in [3.8, 4) is 0 Å². The van der Waals surface area contributed by atoms with Crippen LogP contribution in [0.2, 0.25) is 5.04 Å². The van der Waals surface area contributed by atoms with E-state index in [1.54, 1.807) is 0 Å². The van der Waals surface area contributed by atoms with Gasteiger partial charge in [-0.2, -0.15) is 0 Å². The van der Waals surface area contributed by atoms with E-state index in [1.807, 2.05) is 0 Å². The topological polar surface area (TPSA) is 21.3 Å². The molecule has 2 aromatic rings. The molecule has 1 atom stereocenters. The van der Waals surface area contributed by atoms with Crippen molar-refractivity contribution in [2.75, 3.05) is 13.2 Å². The predicted octanol–water partition coefficient (Wildman–Crippen LogP) is 3.48. The van der Waals surface area contributed by atoms with Gasteiger partial charge in [-0.15, -0.1) is 0 Å². The molecule has 3 rings (SSSR count). The Morgan fingerprint density at radius 2 is 1.48 bits per heavy atom. The van der Waals surface area contributed by atoms with Gasteiger partial charge in [-0.05, 0) is 21.8 Å². The molecule has 1 N–H and O–H groups in total. The molecular weight excluding hydrogens is 322 g/mol. The summed E-state index contributed by atoms with van der Waals surface area (Å²) in [5.41, 5.74) is 0. The van der Waals surface area contributed by atoms with E-state index in [1.165, 1.54) is 10.4 Å². The molecule has 0 saturated carbocycles. The van der Waals surface area contributed by atoms with Crippen LogP contribution in [0.15, 0.2) is 72.8 Å². The van der Waals surface area contributed by atoms with Gasteiger partial charge in [0.15, 0.2) is 0 Å². The number of benzene rings is 2. The highest BCUT2D eigenvalue weighted by molar-refractivity contribution is 6.99. The van der Waals surface area contributed by atoms with Crippen LogP contribution in [-0.4, -0.2) is 27.5 Å². The van der Waals surface area contributed by atoms with Gasteiger partial charge in [-0.3, -0.25) is 0 Å². The van der Waals surface area contributed by atoms with Crippen LogP contribution >= 0.6 is 0 Å². The first-order valence-corrected chi connectivity index (χ1v) is 11.1. The third-order valence-electron chi connectivity index (χ3n) is 5.03. The normalized spacial score (nSPS) is 18.3. The fourth-order valence-electron chi connectivity index (χ4n) is 3.78. The second-order valence-electron chi connectivity index (χ2n) is 7.79. The molecule has 3 heteroatoms. The van der Waals surface area contributed by atoms with Gasteiger partial charge in [-0.25, -0.2) is 0 Å². The molecule has 0 spiro atoms. The second-order valence-corrected chi connectivity index (χ2v) is 12.1. The number of nitrogens with one attached hydrogen (secondary N) is 1. The molecule has 1 aliphatic heterocycles. The molecule has 2 aromatic carbocycles. The largest absolute Gasteiger partial charge is 0.406 e. The van der Waals surface area contributed by atoms with E-state index in [4.69, 9.17) is 4.43 Å². The first-order valence-electron chi connectivity index (χ1n) is 9.17. The highest BCUT2D eigenvalue weighted by Crippen LogP contribution is 2.36. The van der Waals surface area contributed by atoms with Crippen LogP contribution in [0, 0.1) is 0 Å². The smallest absolute Gasteiger partial charge is 0.261 e. The molecule has 0 bridgehead atoms. The molecule has 0 amide bonds. The lowest BCUT2D eigenvalue weighted by Gasteiger charge is -2.43. The molecule has 2 nitrogen and oxygen atoms in total. The Morgan fingerprint density at radius 1 is 0.920 bits per heavy atom. The lowest BCUT2D eigenvalue weighted by molar-refractivity contribution is 0.250. The van der Waals surface area contributed by atoms with Crippen LogP contribution in [0.1, 0.15) is 27.2 Å². The van der Waals surface area contributed by atoms with Crippen molar-refractivity contribution in [2.45, 2.75) is 38.3 Å². The van der Waals surface area contributed by atoms with E-state index < -0.39 is 8.32 Å². The van der Waals surface area contributed by atoms with Crippen LogP contribution in [0.4, 0.5) is 0 Å². The van der Waals surface area contributed by atoms with Gasteiger partial charge < -0.3 is 9.74 Å². The minimum atomic E-state index is -2.40. The SMILES string of the molecule is CC(C)(C)[Si](OC[C@@H]1CC=CCN1)(c1ccccc1)c1ccccc1. The summed E-state index contributed by atoms with van der Waals surface area (Å²) in [6.07, 6.45) is 5.49. The van der Waals surface area contributed by atoms with E-state index in [9.17, 15) is 0 Å². The molecule has 0 aromatic heterocycles. The number of hydrogen-bond acceptors (Lipinski definition) is 2. The van der Waals surface area contributed by atoms with Gasteiger partial charge in [0.2, 0.25) is 0 Å². The zero-order valence-electron chi connectivity index (χ0n) is 15.5. The Labute approximate surface area is 153 Å². The first kappa shape index (κ1) is 18.1. The van der Waals surface area contributed by atoms with Crippen molar-refractivity contribution in [3.05, 3.63) is 72.8 Å². The summed E-state index contributed by atoms with van der Waals surface area (Å²) < 4.78 is 6.95. The van der Waals surface area contributed by atoms with E-state index in [-0.39, 0.29) is 5.04 Å². The lowest BCUT2D eigenvalue weighted by Crippen LogP contribution is -2.67. The average Bonchev–Trinajstić information content (AvgIpc) is 2.64. The second kappa shape index (κ2) is 7.69. The summed E-state index contributed by atoms with van der Waals surface area (Å²) in [5.74, 6) is 0. The minimum absolute atomic E-state index is 0.0419. The summed E-state index contributed by atoms with van der Waals surface area (Å²) >= 11 is 0. The number of hydrogen-bond donors (Lipinski definition) is 1. The summed E-state index contributed by atoms with van der Waals surface area (Å²) in [4.78, 5) is 0. The van der Waals surface area contributed by atoms with Crippen LogP contribution in [0.3, 0.4) is 0 Å².